The molecule has 0 saturated carbocycles. The lowest BCUT2D eigenvalue weighted by Gasteiger charge is -2.08. The first-order valence-electron chi connectivity index (χ1n) is 5.30. The summed E-state index contributed by atoms with van der Waals surface area (Å²) in [7, 11) is 0. The molecule has 3 heteroatoms. The van der Waals surface area contributed by atoms with Crippen molar-refractivity contribution in [3.05, 3.63) is 41.7 Å². The average Bonchev–Trinajstić information content (AvgIpc) is 2.65. The minimum atomic E-state index is -0.171. The molecule has 16 heavy (non-hydrogen) atoms. The molecule has 0 saturated heterocycles. The predicted molar refractivity (Wildman–Crippen MR) is 60.7 cm³/mol. The number of nitrogens with zero attached hydrogens (tertiary/aromatic N) is 1. The summed E-state index contributed by atoms with van der Waals surface area (Å²) in [4.78, 5) is 4.03. The fraction of sp³-hybridized carbons (Fsp3) is 0.308. The van der Waals surface area contributed by atoms with Crippen LogP contribution in [0.4, 0.5) is 4.39 Å². The van der Waals surface area contributed by atoms with Gasteiger partial charge in [0.2, 0.25) is 0 Å². The summed E-state index contributed by atoms with van der Waals surface area (Å²) in [6.07, 6.45) is 1.66. The highest BCUT2D eigenvalue weighted by molar-refractivity contribution is 5.57. The van der Waals surface area contributed by atoms with E-state index in [-0.39, 0.29) is 11.7 Å². The quantitative estimate of drug-likeness (QED) is 0.765. The maximum Gasteiger partial charge on any atom is 0.191 e. The van der Waals surface area contributed by atoms with Gasteiger partial charge < -0.3 is 4.42 Å². The van der Waals surface area contributed by atoms with E-state index in [1.54, 1.807) is 19.2 Å². The number of aromatic nitrogens is 1. The SMILES string of the molecule is Cc1ncc(-c2ccc(F)c(C(C)C)c2)o1. The number of oxazole rings is 1. The summed E-state index contributed by atoms with van der Waals surface area (Å²) in [6, 6.07) is 5.00. The van der Waals surface area contributed by atoms with Gasteiger partial charge in [-0.15, -0.1) is 0 Å². The van der Waals surface area contributed by atoms with Crippen LogP contribution in [0.3, 0.4) is 0 Å². The first-order chi connectivity index (χ1) is 7.58. The Morgan fingerprint density at radius 2 is 2.06 bits per heavy atom. The second-order valence-corrected chi connectivity index (χ2v) is 4.13. The maximum absolute atomic E-state index is 13.5. The van der Waals surface area contributed by atoms with Gasteiger partial charge in [0.25, 0.3) is 0 Å². The molecule has 2 nitrogen and oxygen atoms in total. The Kier molecular flexibility index (Phi) is 2.77. The van der Waals surface area contributed by atoms with Gasteiger partial charge in [-0.05, 0) is 29.7 Å². The third-order valence-corrected chi connectivity index (χ3v) is 2.52. The largest absolute Gasteiger partial charge is 0.441 e. The summed E-state index contributed by atoms with van der Waals surface area (Å²) in [5.74, 6) is 1.28. The summed E-state index contributed by atoms with van der Waals surface area (Å²) < 4.78 is 18.9. The third kappa shape index (κ3) is 1.98. The Morgan fingerprint density at radius 3 is 2.62 bits per heavy atom. The molecule has 84 valence electrons. The molecule has 0 bridgehead atoms. The number of rotatable bonds is 2. The van der Waals surface area contributed by atoms with E-state index in [2.05, 4.69) is 4.98 Å². The molecule has 0 aliphatic heterocycles. The van der Waals surface area contributed by atoms with E-state index in [1.165, 1.54) is 6.07 Å². The van der Waals surface area contributed by atoms with Crippen molar-refractivity contribution < 1.29 is 8.81 Å². The molecule has 0 aliphatic rings. The summed E-state index contributed by atoms with van der Waals surface area (Å²) in [6.45, 7) is 5.72. The van der Waals surface area contributed by atoms with Crippen LogP contribution in [0, 0.1) is 12.7 Å². The molecule has 0 unspecified atom stereocenters. The zero-order valence-electron chi connectivity index (χ0n) is 9.62. The van der Waals surface area contributed by atoms with Gasteiger partial charge in [-0.3, -0.25) is 0 Å². The van der Waals surface area contributed by atoms with Crippen LogP contribution in [0.5, 0.6) is 0 Å². The van der Waals surface area contributed by atoms with Crippen molar-refractivity contribution in [2.24, 2.45) is 0 Å². The van der Waals surface area contributed by atoms with E-state index in [9.17, 15) is 4.39 Å². The lowest BCUT2D eigenvalue weighted by Crippen LogP contribution is -1.93. The van der Waals surface area contributed by atoms with Gasteiger partial charge in [0.1, 0.15) is 5.82 Å². The van der Waals surface area contributed by atoms with Gasteiger partial charge in [0.05, 0.1) is 6.20 Å². The molecule has 1 aromatic carbocycles. The first-order valence-corrected chi connectivity index (χ1v) is 5.30. The van der Waals surface area contributed by atoms with Crippen LogP contribution in [-0.4, -0.2) is 4.98 Å². The zero-order valence-corrected chi connectivity index (χ0v) is 9.62. The number of hydrogen-bond acceptors (Lipinski definition) is 2. The average molecular weight is 219 g/mol. The molecule has 0 radical (unpaired) electrons. The van der Waals surface area contributed by atoms with Crippen LogP contribution in [-0.2, 0) is 0 Å². The molecular formula is C13H14FNO. The zero-order chi connectivity index (χ0) is 11.7. The molecule has 1 heterocycles. The van der Waals surface area contributed by atoms with Crippen molar-refractivity contribution in [1.82, 2.24) is 4.98 Å². The lowest BCUT2D eigenvalue weighted by molar-refractivity contribution is 0.534. The van der Waals surface area contributed by atoms with Gasteiger partial charge in [-0.2, -0.15) is 0 Å². The molecule has 0 atom stereocenters. The standard InChI is InChI=1S/C13H14FNO/c1-8(2)11-6-10(4-5-12(11)14)13-7-15-9(3)16-13/h4-8H,1-3H3. The second kappa shape index (κ2) is 4.08. The molecule has 0 amide bonds. The molecule has 0 fully saturated rings. The van der Waals surface area contributed by atoms with Crippen molar-refractivity contribution >= 4 is 0 Å². The van der Waals surface area contributed by atoms with Crippen molar-refractivity contribution in [3.63, 3.8) is 0 Å². The maximum atomic E-state index is 13.5. The van der Waals surface area contributed by atoms with Crippen LogP contribution in [0.2, 0.25) is 0 Å². The normalized spacial score (nSPS) is 11.1. The Bertz CT molecular complexity index is 502. The Hall–Kier alpha value is -1.64. The van der Waals surface area contributed by atoms with E-state index >= 15 is 0 Å². The number of hydrogen-bond donors (Lipinski definition) is 0. The first kappa shape index (κ1) is 10.9. The summed E-state index contributed by atoms with van der Waals surface area (Å²) in [5, 5.41) is 0. The van der Waals surface area contributed by atoms with Gasteiger partial charge in [0, 0.05) is 12.5 Å². The second-order valence-electron chi connectivity index (χ2n) is 4.13. The minimum Gasteiger partial charge on any atom is -0.441 e. The van der Waals surface area contributed by atoms with Gasteiger partial charge in [-0.1, -0.05) is 13.8 Å². The van der Waals surface area contributed by atoms with Crippen molar-refractivity contribution in [3.8, 4) is 11.3 Å². The predicted octanol–water partition coefficient (Wildman–Crippen LogP) is 3.91. The number of benzene rings is 1. The molecule has 2 rings (SSSR count). The van der Waals surface area contributed by atoms with Gasteiger partial charge >= 0.3 is 0 Å². The van der Waals surface area contributed by atoms with E-state index in [4.69, 9.17) is 4.42 Å². The third-order valence-electron chi connectivity index (χ3n) is 2.52. The van der Waals surface area contributed by atoms with Crippen LogP contribution >= 0.6 is 0 Å². The van der Waals surface area contributed by atoms with E-state index in [0.29, 0.717) is 17.2 Å². The van der Waals surface area contributed by atoms with Crippen molar-refractivity contribution in [2.45, 2.75) is 26.7 Å². The van der Waals surface area contributed by atoms with Crippen molar-refractivity contribution in [1.29, 1.82) is 0 Å². The van der Waals surface area contributed by atoms with E-state index in [1.807, 2.05) is 19.9 Å². The molecule has 2 aromatic rings. The van der Waals surface area contributed by atoms with Gasteiger partial charge in [-0.25, -0.2) is 9.37 Å². The molecule has 0 N–H and O–H groups in total. The molecule has 0 aliphatic carbocycles. The molecule has 0 spiro atoms. The van der Waals surface area contributed by atoms with Crippen LogP contribution in [0.25, 0.3) is 11.3 Å². The number of aryl methyl sites for hydroxylation is 1. The topological polar surface area (TPSA) is 26.0 Å². The monoisotopic (exact) mass is 219 g/mol. The Balaban J connectivity index is 2.47. The fourth-order valence-electron chi connectivity index (χ4n) is 1.63. The summed E-state index contributed by atoms with van der Waals surface area (Å²) in [5.41, 5.74) is 1.57. The van der Waals surface area contributed by atoms with Gasteiger partial charge in [0.15, 0.2) is 11.7 Å². The van der Waals surface area contributed by atoms with Crippen LogP contribution < -0.4 is 0 Å². The van der Waals surface area contributed by atoms with Crippen molar-refractivity contribution in [2.75, 3.05) is 0 Å². The minimum absolute atomic E-state index is 0.156. The van der Waals surface area contributed by atoms with Crippen LogP contribution in [0.1, 0.15) is 31.2 Å². The smallest absolute Gasteiger partial charge is 0.191 e. The number of halogens is 1. The van der Waals surface area contributed by atoms with E-state index < -0.39 is 0 Å². The fourth-order valence-corrected chi connectivity index (χ4v) is 1.63. The highest BCUT2D eigenvalue weighted by atomic mass is 19.1. The van der Waals surface area contributed by atoms with E-state index in [0.717, 1.165) is 5.56 Å². The Morgan fingerprint density at radius 1 is 1.31 bits per heavy atom. The lowest BCUT2D eigenvalue weighted by atomic mass is 9.99. The highest BCUT2D eigenvalue weighted by Gasteiger charge is 2.10. The Labute approximate surface area is 94.1 Å². The highest BCUT2D eigenvalue weighted by Crippen LogP contribution is 2.26. The van der Waals surface area contributed by atoms with Crippen LogP contribution in [0.15, 0.2) is 28.8 Å². The molecular weight excluding hydrogens is 205 g/mol. The molecule has 1 aromatic heterocycles. The summed E-state index contributed by atoms with van der Waals surface area (Å²) >= 11 is 0.